The predicted molar refractivity (Wildman–Crippen MR) is 153 cm³/mol. The highest BCUT2D eigenvalue weighted by atomic mass is 32.2. The minimum atomic E-state index is -3.93. The molecule has 0 fully saturated rings. The zero-order valence-electron chi connectivity index (χ0n) is 21.3. The minimum absolute atomic E-state index is 0.0202. The van der Waals surface area contributed by atoms with Gasteiger partial charge in [-0.25, -0.2) is 20.8 Å². The Morgan fingerprint density at radius 1 is 0.872 bits per heavy atom. The molecule has 0 atom stereocenters. The normalized spacial score (nSPS) is 12.1. The third-order valence-corrected chi connectivity index (χ3v) is 8.68. The third-order valence-electron chi connectivity index (χ3n) is 6.22. The lowest BCUT2D eigenvalue weighted by Crippen LogP contribution is -2.23. The first-order valence-electron chi connectivity index (χ1n) is 12.0. The van der Waals surface area contributed by atoms with Crippen molar-refractivity contribution in [2.75, 3.05) is 11.6 Å². The van der Waals surface area contributed by atoms with Crippen LogP contribution in [0.3, 0.4) is 0 Å². The molecule has 0 aliphatic heterocycles. The maximum Gasteiger partial charge on any atom is 0.275 e. The quantitative estimate of drug-likeness (QED) is 0.303. The first-order valence-corrected chi connectivity index (χ1v) is 15.6. The maximum atomic E-state index is 13.4. The van der Waals surface area contributed by atoms with Crippen LogP contribution in [0.1, 0.15) is 11.1 Å². The van der Waals surface area contributed by atoms with Crippen LogP contribution in [-0.4, -0.2) is 36.6 Å². The predicted octanol–water partition coefficient (Wildman–Crippen LogP) is 4.07. The summed E-state index contributed by atoms with van der Waals surface area (Å²) >= 11 is 0. The fraction of sp³-hybridized carbons (Fsp3) is 0.143. The van der Waals surface area contributed by atoms with Crippen LogP contribution in [0.5, 0.6) is 0 Å². The van der Waals surface area contributed by atoms with Gasteiger partial charge in [0, 0.05) is 54.1 Å². The van der Waals surface area contributed by atoms with Crippen molar-refractivity contribution in [3.8, 4) is 11.1 Å². The Hall–Kier alpha value is -4.22. The van der Waals surface area contributed by atoms with Crippen LogP contribution in [0.2, 0.25) is 0 Å². The van der Waals surface area contributed by atoms with Gasteiger partial charge >= 0.3 is 0 Å². The first kappa shape index (κ1) is 26.4. The van der Waals surface area contributed by atoms with Gasteiger partial charge in [-0.05, 0) is 41.5 Å². The van der Waals surface area contributed by atoms with Gasteiger partial charge in [0.2, 0.25) is 10.0 Å². The van der Waals surface area contributed by atoms with Crippen molar-refractivity contribution in [3.05, 3.63) is 113 Å². The molecule has 0 spiro atoms. The van der Waals surface area contributed by atoms with Crippen LogP contribution in [0.25, 0.3) is 22.0 Å². The van der Waals surface area contributed by atoms with Gasteiger partial charge in [-0.1, -0.05) is 36.4 Å². The van der Waals surface area contributed by atoms with Gasteiger partial charge in [-0.2, -0.15) is 0 Å². The standard InChI is InChI=1S/C28H26N4O5S2/c1-31-17-25(23-12-14-32(27(23)28(31)33)39(36,37)19-20-7-4-3-5-8-20)24-15-21(18-38(2,34)35)10-11-26(24)30-22-9-6-13-29-16-22/h3-17,30H,18-19H2,1-2H3. The lowest BCUT2D eigenvalue weighted by molar-refractivity contribution is 0.587. The zero-order chi connectivity index (χ0) is 27.8. The number of hydrogen-bond acceptors (Lipinski definition) is 7. The number of anilines is 2. The zero-order valence-corrected chi connectivity index (χ0v) is 22.9. The van der Waals surface area contributed by atoms with Crippen molar-refractivity contribution in [1.29, 1.82) is 0 Å². The second-order valence-electron chi connectivity index (χ2n) is 9.39. The summed E-state index contributed by atoms with van der Waals surface area (Å²) < 4.78 is 53.4. The van der Waals surface area contributed by atoms with Gasteiger partial charge < -0.3 is 9.88 Å². The Morgan fingerprint density at radius 3 is 2.33 bits per heavy atom. The van der Waals surface area contributed by atoms with Crippen LogP contribution in [0.15, 0.2) is 96.3 Å². The van der Waals surface area contributed by atoms with Crippen molar-refractivity contribution < 1.29 is 16.8 Å². The molecule has 0 aliphatic carbocycles. The van der Waals surface area contributed by atoms with Gasteiger partial charge in [-0.15, -0.1) is 0 Å². The van der Waals surface area contributed by atoms with Crippen molar-refractivity contribution >= 4 is 42.1 Å². The molecule has 0 amide bonds. The molecule has 200 valence electrons. The molecule has 11 heteroatoms. The van der Waals surface area contributed by atoms with E-state index in [1.54, 1.807) is 86.3 Å². The molecular formula is C28H26N4O5S2. The van der Waals surface area contributed by atoms with Gasteiger partial charge in [0.1, 0.15) is 5.52 Å². The van der Waals surface area contributed by atoms with Crippen molar-refractivity contribution in [2.45, 2.75) is 11.5 Å². The summed E-state index contributed by atoms with van der Waals surface area (Å²) in [6.45, 7) is 0. The van der Waals surface area contributed by atoms with E-state index < -0.39 is 25.4 Å². The fourth-order valence-corrected chi connectivity index (χ4v) is 6.78. The summed E-state index contributed by atoms with van der Waals surface area (Å²) in [5.41, 5.74) is 3.24. The number of sulfone groups is 1. The number of aryl methyl sites for hydroxylation is 1. The number of fused-ring (bicyclic) bond motifs is 1. The topological polar surface area (TPSA) is 120 Å². The lowest BCUT2D eigenvalue weighted by atomic mass is 9.99. The highest BCUT2D eigenvalue weighted by Gasteiger charge is 2.23. The van der Waals surface area contributed by atoms with E-state index in [1.165, 1.54) is 10.8 Å². The Balaban J connectivity index is 1.72. The Kier molecular flexibility index (Phi) is 6.87. The largest absolute Gasteiger partial charge is 0.354 e. The smallest absolute Gasteiger partial charge is 0.275 e. The highest BCUT2D eigenvalue weighted by molar-refractivity contribution is 7.90. The monoisotopic (exact) mass is 562 g/mol. The summed E-state index contributed by atoms with van der Waals surface area (Å²) in [7, 11) is -5.69. The van der Waals surface area contributed by atoms with Crippen molar-refractivity contribution in [3.63, 3.8) is 0 Å². The first-order chi connectivity index (χ1) is 18.5. The van der Waals surface area contributed by atoms with Gasteiger partial charge in [0.15, 0.2) is 9.84 Å². The molecule has 0 radical (unpaired) electrons. The van der Waals surface area contributed by atoms with Crippen molar-refractivity contribution in [1.82, 2.24) is 13.5 Å². The van der Waals surface area contributed by atoms with E-state index in [9.17, 15) is 21.6 Å². The van der Waals surface area contributed by atoms with E-state index in [1.807, 2.05) is 6.07 Å². The summed E-state index contributed by atoms with van der Waals surface area (Å²) in [6, 6.07) is 19.2. The molecule has 0 saturated carbocycles. The Bertz CT molecular complexity index is 1950. The number of hydrogen-bond donors (Lipinski definition) is 1. The number of benzene rings is 2. The second-order valence-corrected chi connectivity index (χ2v) is 13.4. The summed E-state index contributed by atoms with van der Waals surface area (Å²) in [5.74, 6) is -0.447. The van der Waals surface area contributed by atoms with E-state index in [0.717, 1.165) is 10.2 Å². The molecule has 3 aromatic heterocycles. The SMILES string of the molecule is Cn1cc(-c2cc(CS(C)(=O)=O)ccc2Nc2cccnc2)c2ccn(S(=O)(=O)Cc3ccccc3)c2c1=O. The number of aromatic nitrogens is 3. The van der Waals surface area contributed by atoms with Crippen LogP contribution in [0, 0.1) is 0 Å². The van der Waals surface area contributed by atoms with Gasteiger partial charge in [0.05, 0.1) is 23.4 Å². The van der Waals surface area contributed by atoms with Crippen LogP contribution >= 0.6 is 0 Å². The molecule has 0 aliphatic rings. The molecule has 5 rings (SSSR count). The molecule has 9 nitrogen and oxygen atoms in total. The molecule has 1 N–H and O–H groups in total. The molecule has 39 heavy (non-hydrogen) atoms. The van der Waals surface area contributed by atoms with E-state index in [2.05, 4.69) is 10.3 Å². The van der Waals surface area contributed by atoms with Crippen LogP contribution in [0.4, 0.5) is 11.4 Å². The lowest BCUT2D eigenvalue weighted by Gasteiger charge is -2.16. The van der Waals surface area contributed by atoms with E-state index >= 15 is 0 Å². The molecule has 0 bridgehead atoms. The van der Waals surface area contributed by atoms with Gasteiger partial charge in [0.25, 0.3) is 5.56 Å². The molecular weight excluding hydrogens is 536 g/mol. The number of nitrogens with one attached hydrogen (secondary N) is 1. The Labute approximate surface area is 226 Å². The highest BCUT2D eigenvalue weighted by Crippen LogP contribution is 2.36. The van der Waals surface area contributed by atoms with Crippen molar-refractivity contribution in [2.24, 2.45) is 7.05 Å². The summed E-state index contributed by atoms with van der Waals surface area (Å²) in [4.78, 5) is 17.4. The third kappa shape index (κ3) is 5.64. The fourth-order valence-electron chi connectivity index (χ4n) is 4.54. The van der Waals surface area contributed by atoms with E-state index in [-0.39, 0.29) is 17.0 Å². The van der Waals surface area contributed by atoms with Crippen LogP contribution < -0.4 is 10.9 Å². The average Bonchev–Trinajstić information content (AvgIpc) is 3.34. The number of pyridine rings is 2. The number of rotatable bonds is 8. The molecule has 5 aromatic rings. The van der Waals surface area contributed by atoms with E-state index in [4.69, 9.17) is 0 Å². The summed E-state index contributed by atoms with van der Waals surface area (Å²) in [6.07, 6.45) is 7.49. The second kappa shape index (κ2) is 10.2. The van der Waals surface area contributed by atoms with Crippen LogP contribution in [-0.2, 0) is 38.4 Å². The van der Waals surface area contributed by atoms with Gasteiger partial charge in [-0.3, -0.25) is 9.78 Å². The molecule has 3 heterocycles. The minimum Gasteiger partial charge on any atom is -0.354 e. The molecule has 2 aromatic carbocycles. The Morgan fingerprint density at radius 2 is 1.64 bits per heavy atom. The molecule has 0 saturated heterocycles. The summed E-state index contributed by atoms with van der Waals surface area (Å²) in [5, 5.41) is 3.74. The molecule has 0 unspecified atom stereocenters. The average molecular weight is 563 g/mol. The van der Waals surface area contributed by atoms with E-state index in [0.29, 0.717) is 39.0 Å². The number of nitrogens with zero attached hydrogens (tertiary/aromatic N) is 3. The maximum absolute atomic E-state index is 13.4.